The number of hydrogen-bond donors (Lipinski definition) is 1. The lowest BCUT2D eigenvalue weighted by molar-refractivity contribution is -0.142. The molecule has 1 aromatic heterocycles. The Morgan fingerprint density at radius 1 is 1.21 bits per heavy atom. The van der Waals surface area contributed by atoms with Crippen LogP contribution in [0.1, 0.15) is 53.1 Å². The van der Waals surface area contributed by atoms with E-state index in [1.165, 1.54) is 0 Å². The number of hydrogen-bond acceptors (Lipinski definition) is 3. The Bertz CT molecular complexity index is 903. The van der Waals surface area contributed by atoms with Gasteiger partial charge in [0.05, 0.1) is 10.6 Å². The van der Waals surface area contributed by atoms with E-state index in [0.29, 0.717) is 9.92 Å². The highest BCUT2D eigenvalue weighted by Crippen LogP contribution is 2.40. The molecule has 1 heterocycles. The molecule has 10 heteroatoms. The van der Waals surface area contributed by atoms with Crippen LogP contribution in [0.3, 0.4) is 0 Å². The van der Waals surface area contributed by atoms with E-state index in [2.05, 4.69) is 4.98 Å². The third-order valence-electron chi connectivity index (χ3n) is 3.95. The summed E-state index contributed by atoms with van der Waals surface area (Å²) < 4.78 is 67.8. The summed E-state index contributed by atoms with van der Waals surface area (Å²) in [5, 5.41) is 9.79. The van der Waals surface area contributed by atoms with Gasteiger partial charge in [0, 0.05) is 10.6 Å². The zero-order chi connectivity index (χ0) is 21.9. The van der Waals surface area contributed by atoms with Crippen molar-refractivity contribution in [2.75, 3.05) is 0 Å². The summed E-state index contributed by atoms with van der Waals surface area (Å²) in [5.41, 5.74) is -4.42. The van der Waals surface area contributed by atoms with Crippen molar-refractivity contribution in [2.45, 2.75) is 43.5 Å². The quantitative estimate of drug-likeness (QED) is 0.366. The van der Waals surface area contributed by atoms with Gasteiger partial charge in [0.1, 0.15) is 11.4 Å². The van der Waals surface area contributed by atoms with Gasteiger partial charge in [-0.2, -0.15) is 13.2 Å². The molecule has 0 aliphatic rings. The van der Waals surface area contributed by atoms with Gasteiger partial charge in [-0.3, -0.25) is 0 Å². The molecule has 0 fully saturated rings. The maximum absolute atomic E-state index is 13.7. The van der Waals surface area contributed by atoms with Gasteiger partial charge < -0.3 is 5.11 Å². The van der Waals surface area contributed by atoms with E-state index in [9.17, 15) is 31.9 Å². The van der Waals surface area contributed by atoms with E-state index in [1.54, 1.807) is 38.1 Å². The second-order valence-corrected chi connectivity index (χ2v) is 8.02. The number of pyridine rings is 1. The largest absolute Gasteiger partial charge is 0.478 e. The van der Waals surface area contributed by atoms with Gasteiger partial charge in [-0.05, 0) is 35.6 Å². The lowest BCUT2D eigenvalue weighted by Gasteiger charge is -2.22. The first-order chi connectivity index (χ1) is 13.4. The fourth-order valence-electron chi connectivity index (χ4n) is 2.82. The van der Waals surface area contributed by atoms with Crippen LogP contribution in [0.15, 0.2) is 29.2 Å². The summed E-state index contributed by atoms with van der Waals surface area (Å²) in [5.74, 6) is -2.33. The van der Waals surface area contributed by atoms with Crippen LogP contribution in [0, 0.1) is 5.92 Å². The number of thioether (sulfide) groups is 1. The molecule has 1 N–H and O–H groups in total. The fraction of sp³-hybridized carbons (Fsp3) is 0.368. The van der Waals surface area contributed by atoms with Crippen LogP contribution in [-0.2, 0) is 18.3 Å². The van der Waals surface area contributed by atoms with Crippen molar-refractivity contribution in [2.24, 2.45) is 5.92 Å². The van der Waals surface area contributed by atoms with Gasteiger partial charge in [-0.15, -0.1) is 11.8 Å². The van der Waals surface area contributed by atoms with E-state index in [0.717, 1.165) is 11.8 Å². The van der Waals surface area contributed by atoms with Gasteiger partial charge in [0.15, 0.2) is 0 Å². The summed E-state index contributed by atoms with van der Waals surface area (Å²) in [6.45, 7) is 3.32. The predicted octanol–water partition coefficient (Wildman–Crippen LogP) is 6.88. The van der Waals surface area contributed by atoms with Crippen LogP contribution in [0.4, 0.5) is 22.0 Å². The molecule has 0 bridgehead atoms. The number of halogens is 6. The first-order valence-electron chi connectivity index (χ1n) is 8.45. The van der Waals surface area contributed by atoms with Crippen molar-refractivity contribution in [1.29, 1.82) is 0 Å². The summed E-state index contributed by atoms with van der Waals surface area (Å²) in [6.07, 6.45) is -8.60. The highest BCUT2D eigenvalue weighted by atomic mass is 35.5. The molecule has 29 heavy (non-hydrogen) atoms. The zero-order valence-electron chi connectivity index (χ0n) is 15.4. The Kier molecular flexibility index (Phi) is 7.50. The first-order valence-corrected chi connectivity index (χ1v) is 9.81. The Hall–Kier alpha value is -1.87. The molecule has 2 aromatic rings. The van der Waals surface area contributed by atoms with Crippen molar-refractivity contribution >= 4 is 29.3 Å². The Morgan fingerprint density at radius 3 is 2.31 bits per heavy atom. The number of carboxylic acids is 1. The van der Waals surface area contributed by atoms with Crippen molar-refractivity contribution in [3.8, 4) is 0 Å². The molecule has 0 amide bonds. The topological polar surface area (TPSA) is 50.2 Å². The molecule has 0 saturated heterocycles. The van der Waals surface area contributed by atoms with Gasteiger partial charge in [0.25, 0.3) is 6.43 Å². The predicted molar refractivity (Wildman–Crippen MR) is 101 cm³/mol. The SMILES string of the molecule is CC(C)Cc1c(CSc2ccccc2Cl)c(C(F)(F)F)nc(C(F)F)c1C(=O)O. The second-order valence-electron chi connectivity index (χ2n) is 6.60. The van der Waals surface area contributed by atoms with Crippen molar-refractivity contribution in [3.63, 3.8) is 0 Å². The summed E-state index contributed by atoms with van der Waals surface area (Å²) in [6, 6.07) is 6.46. The molecule has 1 aromatic carbocycles. The van der Waals surface area contributed by atoms with Crippen LogP contribution in [0.25, 0.3) is 0 Å². The van der Waals surface area contributed by atoms with Gasteiger partial charge in [0.2, 0.25) is 0 Å². The minimum Gasteiger partial charge on any atom is -0.478 e. The van der Waals surface area contributed by atoms with Gasteiger partial charge >= 0.3 is 12.1 Å². The average molecular weight is 454 g/mol. The molecule has 0 unspecified atom stereocenters. The van der Waals surface area contributed by atoms with Crippen molar-refractivity contribution < 1.29 is 31.9 Å². The molecule has 158 valence electrons. The van der Waals surface area contributed by atoms with E-state index in [-0.39, 0.29) is 23.7 Å². The molecular weight excluding hydrogens is 437 g/mol. The van der Waals surface area contributed by atoms with Crippen molar-refractivity contribution in [3.05, 3.63) is 57.4 Å². The second kappa shape index (κ2) is 9.30. The molecule has 0 radical (unpaired) electrons. The van der Waals surface area contributed by atoms with E-state index >= 15 is 0 Å². The van der Waals surface area contributed by atoms with E-state index in [4.69, 9.17) is 11.6 Å². The maximum atomic E-state index is 13.7. The molecule has 2 rings (SSSR count). The number of nitrogens with zero attached hydrogens (tertiary/aromatic N) is 1. The van der Waals surface area contributed by atoms with Crippen LogP contribution >= 0.6 is 23.4 Å². The maximum Gasteiger partial charge on any atom is 0.433 e. The van der Waals surface area contributed by atoms with Crippen LogP contribution < -0.4 is 0 Å². The monoisotopic (exact) mass is 453 g/mol. The molecular formula is C19H17ClF5NO2S. The lowest BCUT2D eigenvalue weighted by atomic mass is 9.91. The smallest absolute Gasteiger partial charge is 0.433 e. The first kappa shape index (κ1) is 23.4. The summed E-state index contributed by atoms with van der Waals surface area (Å²) in [4.78, 5) is 15.2. The highest BCUT2D eigenvalue weighted by molar-refractivity contribution is 7.98. The third-order valence-corrected chi connectivity index (χ3v) is 5.49. The van der Waals surface area contributed by atoms with Crippen LogP contribution in [-0.4, -0.2) is 16.1 Å². The number of benzene rings is 1. The number of carboxylic acid groups (broad SMARTS) is 1. The van der Waals surface area contributed by atoms with Gasteiger partial charge in [-0.25, -0.2) is 18.6 Å². The standard InChI is InChI=1S/C19H17ClF5NO2S/c1-9(2)7-10-11(8-29-13-6-4-3-5-12(13)20)16(19(23,24)25)26-15(17(21)22)14(10)18(27)28/h3-6,9,17H,7-8H2,1-2H3,(H,27,28). The third kappa shape index (κ3) is 5.60. The average Bonchev–Trinajstić information content (AvgIpc) is 2.59. The molecule has 0 atom stereocenters. The minimum atomic E-state index is -5.03. The summed E-state index contributed by atoms with van der Waals surface area (Å²) in [7, 11) is 0. The number of carbonyl (C=O) groups is 1. The fourth-order valence-corrected chi connectivity index (χ4v) is 4.11. The van der Waals surface area contributed by atoms with Crippen LogP contribution in [0.5, 0.6) is 0 Å². The Balaban J connectivity index is 2.74. The minimum absolute atomic E-state index is 0.120. The van der Waals surface area contributed by atoms with E-state index < -0.39 is 41.1 Å². The number of aromatic nitrogens is 1. The number of rotatable bonds is 7. The highest BCUT2D eigenvalue weighted by Gasteiger charge is 2.40. The number of aromatic carboxylic acids is 1. The molecule has 0 spiro atoms. The van der Waals surface area contributed by atoms with E-state index in [1.807, 2.05) is 0 Å². The summed E-state index contributed by atoms with van der Waals surface area (Å²) >= 11 is 6.99. The normalized spacial score (nSPS) is 12.1. The van der Waals surface area contributed by atoms with Gasteiger partial charge in [-0.1, -0.05) is 37.6 Å². The van der Waals surface area contributed by atoms with Crippen LogP contribution in [0.2, 0.25) is 5.02 Å². The Morgan fingerprint density at radius 2 is 1.83 bits per heavy atom. The van der Waals surface area contributed by atoms with Crippen molar-refractivity contribution in [1.82, 2.24) is 4.98 Å². The Labute approximate surface area is 173 Å². The molecule has 0 aliphatic heterocycles. The molecule has 0 saturated carbocycles. The zero-order valence-corrected chi connectivity index (χ0v) is 16.9. The molecule has 3 nitrogen and oxygen atoms in total. The number of alkyl halides is 5. The lowest BCUT2D eigenvalue weighted by Crippen LogP contribution is -2.21. The molecule has 0 aliphatic carbocycles.